The second-order valence-electron chi connectivity index (χ2n) is 5.87. The summed E-state index contributed by atoms with van der Waals surface area (Å²) in [4.78, 5) is 4.89. The van der Waals surface area contributed by atoms with Crippen molar-refractivity contribution in [2.75, 3.05) is 40.3 Å². The molecule has 3 heteroatoms. The third-order valence-electron chi connectivity index (χ3n) is 3.95. The Labute approximate surface area is 117 Å². The third-order valence-corrected chi connectivity index (χ3v) is 3.95. The monoisotopic (exact) mass is 261 g/mol. The van der Waals surface area contributed by atoms with Crippen molar-refractivity contribution < 1.29 is 0 Å². The van der Waals surface area contributed by atoms with Gasteiger partial charge < -0.3 is 10.2 Å². The van der Waals surface area contributed by atoms with Gasteiger partial charge in [-0.25, -0.2) is 0 Å². The molecule has 3 nitrogen and oxygen atoms in total. The van der Waals surface area contributed by atoms with Gasteiger partial charge in [-0.15, -0.1) is 0 Å². The summed E-state index contributed by atoms with van der Waals surface area (Å²) < 4.78 is 0. The number of hydrogen-bond acceptors (Lipinski definition) is 3. The van der Waals surface area contributed by atoms with Gasteiger partial charge in [0.05, 0.1) is 0 Å². The van der Waals surface area contributed by atoms with Crippen molar-refractivity contribution in [1.29, 1.82) is 0 Å². The quantitative estimate of drug-likeness (QED) is 0.874. The number of hydrogen-bond donors (Lipinski definition) is 1. The number of nitrogens with zero attached hydrogens (tertiary/aromatic N) is 2. The number of rotatable bonds is 5. The highest BCUT2D eigenvalue weighted by Gasteiger charge is 2.25. The third kappa shape index (κ3) is 4.30. The summed E-state index contributed by atoms with van der Waals surface area (Å²) in [7, 11) is 4.29. The highest BCUT2D eigenvalue weighted by Crippen LogP contribution is 2.19. The molecule has 0 aromatic heterocycles. The zero-order valence-corrected chi connectivity index (χ0v) is 12.5. The maximum Gasteiger partial charge on any atom is 0.0449 e. The van der Waals surface area contributed by atoms with Crippen LogP contribution in [0.15, 0.2) is 30.3 Å². The molecule has 1 aliphatic rings. The molecule has 1 heterocycles. The molecule has 1 fully saturated rings. The minimum atomic E-state index is 0.483. The second kappa shape index (κ2) is 7.04. The van der Waals surface area contributed by atoms with Crippen molar-refractivity contribution in [2.45, 2.75) is 25.4 Å². The summed E-state index contributed by atoms with van der Waals surface area (Å²) in [5.41, 5.74) is 1.41. The topological polar surface area (TPSA) is 18.5 Å². The molecule has 0 aliphatic carbocycles. The average molecular weight is 261 g/mol. The summed E-state index contributed by atoms with van der Waals surface area (Å²) in [6.45, 7) is 6.90. The minimum Gasteiger partial charge on any atom is -0.309 e. The molecule has 106 valence electrons. The van der Waals surface area contributed by atoms with Crippen LogP contribution in [-0.2, 0) is 0 Å². The largest absolute Gasteiger partial charge is 0.309 e. The first kappa shape index (κ1) is 14.5. The zero-order valence-electron chi connectivity index (χ0n) is 12.5. The second-order valence-corrected chi connectivity index (χ2v) is 5.87. The fraction of sp³-hybridized carbons (Fsp3) is 0.625. The smallest absolute Gasteiger partial charge is 0.0449 e. The van der Waals surface area contributed by atoms with E-state index in [0.29, 0.717) is 12.1 Å². The van der Waals surface area contributed by atoms with Crippen molar-refractivity contribution in [3.8, 4) is 0 Å². The Hall–Kier alpha value is -0.900. The van der Waals surface area contributed by atoms with Crippen LogP contribution in [0.3, 0.4) is 0 Å². The average Bonchev–Trinajstić information content (AvgIpc) is 2.41. The van der Waals surface area contributed by atoms with Crippen LogP contribution >= 0.6 is 0 Å². The van der Waals surface area contributed by atoms with Gasteiger partial charge in [0.1, 0.15) is 0 Å². The molecule has 0 bridgehead atoms. The van der Waals surface area contributed by atoms with Gasteiger partial charge in [-0.2, -0.15) is 0 Å². The van der Waals surface area contributed by atoms with Crippen LogP contribution in [0.25, 0.3) is 0 Å². The molecule has 2 atom stereocenters. The van der Waals surface area contributed by atoms with Crippen LogP contribution in [0.2, 0.25) is 0 Å². The molecule has 1 saturated heterocycles. The Kier molecular flexibility index (Phi) is 5.37. The lowest BCUT2D eigenvalue weighted by molar-refractivity contribution is 0.136. The first-order chi connectivity index (χ1) is 9.16. The SMILES string of the molecule is CC1CNC(c2ccccc2)CN1CCCN(C)C. The molecule has 1 aromatic carbocycles. The van der Waals surface area contributed by atoms with E-state index in [4.69, 9.17) is 0 Å². The first-order valence-corrected chi connectivity index (χ1v) is 7.34. The Morgan fingerprint density at radius 3 is 2.68 bits per heavy atom. The summed E-state index contributed by atoms with van der Waals surface area (Å²) in [5, 5.41) is 3.66. The van der Waals surface area contributed by atoms with Crippen LogP contribution < -0.4 is 5.32 Å². The van der Waals surface area contributed by atoms with E-state index in [0.717, 1.165) is 13.1 Å². The summed E-state index contributed by atoms with van der Waals surface area (Å²) in [6, 6.07) is 11.9. The lowest BCUT2D eigenvalue weighted by Gasteiger charge is -2.39. The Morgan fingerprint density at radius 2 is 2.00 bits per heavy atom. The predicted molar refractivity (Wildman–Crippen MR) is 81.4 cm³/mol. The molecule has 1 aromatic rings. The van der Waals surface area contributed by atoms with Gasteiger partial charge in [-0.05, 0) is 46.1 Å². The molecular weight excluding hydrogens is 234 g/mol. The maximum absolute atomic E-state index is 3.66. The van der Waals surface area contributed by atoms with Crippen molar-refractivity contribution in [3.63, 3.8) is 0 Å². The van der Waals surface area contributed by atoms with Crippen LogP contribution in [0.5, 0.6) is 0 Å². The lowest BCUT2D eigenvalue weighted by Crippen LogP contribution is -2.51. The summed E-state index contributed by atoms with van der Waals surface area (Å²) >= 11 is 0. The molecule has 0 amide bonds. The van der Waals surface area contributed by atoms with Crippen LogP contribution in [0.4, 0.5) is 0 Å². The molecule has 0 radical (unpaired) electrons. The van der Waals surface area contributed by atoms with Gasteiger partial charge in [-0.3, -0.25) is 4.90 Å². The molecule has 1 N–H and O–H groups in total. The predicted octanol–water partition coefficient (Wildman–Crippen LogP) is 1.97. The zero-order chi connectivity index (χ0) is 13.7. The van der Waals surface area contributed by atoms with Gasteiger partial charge in [0.25, 0.3) is 0 Å². The normalized spacial score (nSPS) is 24.8. The fourth-order valence-electron chi connectivity index (χ4n) is 2.73. The van der Waals surface area contributed by atoms with E-state index in [2.05, 4.69) is 66.5 Å². The molecule has 2 unspecified atom stereocenters. The number of benzene rings is 1. The van der Waals surface area contributed by atoms with Crippen molar-refractivity contribution in [2.24, 2.45) is 0 Å². The van der Waals surface area contributed by atoms with Gasteiger partial charge >= 0.3 is 0 Å². The van der Waals surface area contributed by atoms with E-state index in [-0.39, 0.29) is 0 Å². The van der Waals surface area contributed by atoms with E-state index in [9.17, 15) is 0 Å². The highest BCUT2D eigenvalue weighted by atomic mass is 15.2. The van der Waals surface area contributed by atoms with E-state index in [1.165, 1.54) is 25.1 Å². The van der Waals surface area contributed by atoms with Gasteiger partial charge in [0.15, 0.2) is 0 Å². The fourth-order valence-corrected chi connectivity index (χ4v) is 2.73. The van der Waals surface area contributed by atoms with Crippen molar-refractivity contribution in [1.82, 2.24) is 15.1 Å². The van der Waals surface area contributed by atoms with Crippen LogP contribution in [0, 0.1) is 0 Å². The minimum absolute atomic E-state index is 0.483. The van der Waals surface area contributed by atoms with E-state index in [1.54, 1.807) is 0 Å². The summed E-state index contributed by atoms with van der Waals surface area (Å²) in [6.07, 6.45) is 1.25. The molecule has 2 rings (SSSR count). The Balaban J connectivity index is 1.89. The Bertz CT molecular complexity index is 364. The number of piperazine rings is 1. The van der Waals surface area contributed by atoms with Gasteiger partial charge in [0, 0.05) is 25.2 Å². The number of nitrogens with one attached hydrogen (secondary N) is 1. The van der Waals surface area contributed by atoms with E-state index in [1.807, 2.05) is 0 Å². The van der Waals surface area contributed by atoms with E-state index < -0.39 is 0 Å². The van der Waals surface area contributed by atoms with Gasteiger partial charge in [0.2, 0.25) is 0 Å². The van der Waals surface area contributed by atoms with Crippen molar-refractivity contribution in [3.05, 3.63) is 35.9 Å². The lowest BCUT2D eigenvalue weighted by atomic mass is 10.0. The van der Waals surface area contributed by atoms with E-state index >= 15 is 0 Å². The van der Waals surface area contributed by atoms with Crippen molar-refractivity contribution >= 4 is 0 Å². The summed E-state index contributed by atoms with van der Waals surface area (Å²) in [5.74, 6) is 0. The Morgan fingerprint density at radius 1 is 1.26 bits per heavy atom. The first-order valence-electron chi connectivity index (χ1n) is 7.34. The molecule has 1 aliphatic heterocycles. The molecule has 0 spiro atoms. The highest BCUT2D eigenvalue weighted by molar-refractivity contribution is 5.20. The maximum atomic E-state index is 3.66. The van der Waals surface area contributed by atoms with Crippen LogP contribution in [-0.4, -0.2) is 56.1 Å². The van der Waals surface area contributed by atoms with Gasteiger partial charge in [-0.1, -0.05) is 30.3 Å². The van der Waals surface area contributed by atoms with Crippen LogP contribution in [0.1, 0.15) is 24.9 Å². The standard InChI is InChI=1S/C16H27N3/c1-14-12-17-16(15-8-5-4-6-9-15)13-19(14)11-7-10-18(2)3/h4-6,8-9,14,16-17H,7,10-13H2,1-3H3. The molecule has 0 saturated carbocycles. The molecular formula is C16H27N3. The molecule has 19 heavy (non-hydrogen) atoms.